The molecule has 1 unspecified atom stereocenters. The van der Waals surface area contributed by atoms with Crippen LogP contribution in [0.25, 0.3) is 5.76 Å². The molecular formula is C31H31NO5. The van der Waals surface area contributed by atoms with Crippen LogP contribution in [0.4, 0.5) is 0 Å². The minimum Gasteiger partial charge on any atom is -0.507 e. The number of likely N-dealkylation sites (tertiary alicyclic amines) is 1. The molecule has 1 N–H and O–H groups in total. The van der Waals surface area contributed by atoms with Crippen molar-refractivity contribution in [3.8, 4) is 11.5 Å². The van der Waals surface area contributed by atoms with Crippen molar-refractivity contribution in [1.29, 1.82) is 0 Å². The predicted octanol–water partition coefficient (Wildman–Crippen LogP) is 5.95. The van der Waals surface area contributed by atoms with E-state index in [4.69, 9.17) is 9.47 Å². The number of carbonyl (C=O) groups is 2. The molecule has 1 aliphatic heterocycles. The Balaban J connectivity index is 1.54. The number of methoxy groups -OCH3 is 1. The second kappa shape index (κ2) is 10.5. The highest BCUT2D eigenvalue weighted by atomic mass is 16.5. The maximum Gasteiger partial charge on any atom is 0.295 e. The number of hydrogen-bond acceptors (Lipinski definition) is 5. The second-order valence-corrected chi connectivity index (χ2v) is 9.64. The van der Waals surface area contributed by atoms with Gasteiger partial charge in [-0.05, 0) is 55.2 Å². The molecule has 1 amide bonds. The van der Waals surface area contributed by atoms with E-state index < -0.39 is 17.7 Å². The van der Waals surface area contributed by atoms with Crippen LogP contribution in [0.5, 0.6) is 11.5 Å². The number of benzene rings is 3. The van der Waals surface area contributed by atoms with Crippen molar-refractivity contribution < 1.29 is 24.2 Å². The fourth-order valence-corrected chi connectivity index (χ4v) is 5.46. The van der Waals surface area contributed by atoms with Crippen LogP contribution in [0.15, 0.2) is 78.4 Å². The van der Waals surface area contributed by atoms with E-state index in [1.165, 1.54) is 0 Å². The summed E-state index contributed by atoms with van der Waals surface area (Å²) in [6.45, 7) is 2.32. The van der Waals surface area contributed by atoms with Crippen LogP contribution in [0.1, 0.15) is 54.0 Å². The average molecular weight is 498 g/mol. The summed E-state index contributed by atoms with van der Waals surface area (Å²) in [4.78, 5) is 28.4. The molecule has 2 fully saturated rings. The third kappa shape index (κ3) is 4.71. The number of aryl methyl sites for hydroxylation is 1. The summed E-state index contributed by atoms with van der Waals surface area (Å²) < 4.78 is 11.6. The SMILES string of the molecule is COc1ccccc1C1/C(=C(\O)c2ccc(OCc3ccccc3)c(C)c2)C(=O)C(=O)N1C1CCCC1. The normalized spacial score (nSPS) is 19.4. The summed E-state index contributed by atoms with van der Waals surface area (Å²) in [6.07, 6.45) is 3.70. The molecule has 37 heavy (non-hydrogen) atoms. The maximum absolute atomic E-state index is 13.4. The lowest BCUT2D eigenvalue weighted by atomic mass is 9.93. The lowest BCUT2D eigenvalue weighted by Crippen LogP contribution is -2.37. The molecule has 5 rings (SSSR count). The Bertz CT molecular complexity index is 1340. The molecule has 1 saturated carbocycles. The summed E-state index contributed by atoms with van der Waals surface area (Å²) in [5.41, 5.74) is 3.13. The molecule has 0 bridgehead atoms. The van der Waals surface area contributed by atoms with Crippen LogP contribution in [0.3, 0.4) is 0 Å². The predicted molar refractivity (Wildman–Crippen MR) is 141 cm³/mol. The first kappa shape index (κ1) is 24.6. The van der Waals surface area contributed by atoms with E-state index in [-0.39, 0.29) is 17.4 Å². The monoisotopic (exact) mass is 497 g/mol. The smallest absolute Gasteiger partial charge is 0.295 e. The number of carbonyl (C=O) groups excluding carboxylic acids is 2. The Morgan fingerprint density at radius 3 is 2.35 bits per heavy atom. The van der Waals surface area contributed by atoms with E-state index in [1.54, 1.807) is 30.2 Å². The summed E-state index contributed by atoms with van der Waals surface area (Å²) in [7, 11) is 1.57. The fourth-order valence-electron chi connectivity index (χ4n) is 5.46. The molecule has 1 aliphatic carbocycles. The number of hydrogen-bond donors (Lipinski definition) is 1. The molecule has 6 heteroatoms. The van der Waals surface area contributed by atoms with E-state index in [9.17, 15) is 14.7 Å². The Kier molecular flexibility index (Phi) is 6.99. The largest absolute Gasteiger partial charge is 0.507 e. The first-order chi connectivity index (χ1) is 18.0. The molecule has 6 nitrogen and oxygen atoms in total. The zero-order valence-electron chi connectivity index (χ0n) is 21.1. The molecule has 0 radical (unpaired) electrons. The van der Waals surface area contributed by atoms with Gasteiger partial charge in [0.25, 0.3) is 11.7 Å². The standard InChI is InChI=1S/C31H31NO5/c1-20-18-22(16-17-25(20)37-19-21-10-4-3-5-11-21)29(33)27-28(24-14-8-9-15-26(24)36-2)32(31(35)30(27)34)23-12-6-7-13-23/h3-5,8-11,14-18,23,28,33H,6-7,12-13,19H2,1-2H3/b29-27+. The maximum atomic E-state index is 13.4. The molecule has 190 valence electrons. The topological polar surface area (TPSA) is 76.1 Å². The van der Waals surface area contributed by atoms with Crippen molar-refractivity contribution in [3.05, 3.63) is 101 Å². The minimum atomic E-state index is -0.714. The summed E-state index contributed by atoms with van der Waals surface area (Å²) in [6, 6.07) is 21.8. The zero-order chi connectivity index (χ0) is 25.9. The number of rotatable bonds is 7. The van der Waals surface area contributed by atoms with Crippen molar-refractivity contribution in [2.24, 2.45) is 0 Å². The van der Waals surface area contributed by atoms with Gasteiger partial charge in [-0.1, -0.05) is 61.4 Å². The molecule has 1 heterocycles. The second-order valence-electron chi connectivity index (χ2n) is 9.64. The van der Waals surface area contributed by atoms with E-state index in [2.05, 4.69) is 0 Å². The van der Waals surface area contributed by atoms with Gasteiger partial charge in [0.15, 0.2) is 0 Å². The van der Waals surface area contributed by atoms with Crippen molar-refractivity contribution >= 4 is 17.4 Å². The molecular weight excluding hydrogens is 466 g/mol. The number of aliphatic hydroxyl groups is 1. The quantitative estimate of drug-likeness (QED) is 0.248. The van der Waals surface area contributed by atoms with E-state index >= 15 is 0 Å². The van der Waals surface area contributed by atoms with Crippen LogP contribution in [-0.2, 0) is 16.2 Å². The highest BCUT2D eigenvalue weighted by Gasteiger charge is 2.50. The van der Waals surface area contributed by atoms with Crippen LogP contribution < -0.4 is 9.47 Å². The molecule has 3 aromatic rings. The van der Waals surface area contributed by atoms with Crippen molar-refractivity contribution in [2.45, 2.75) is 51.3 Å². The van der Waals surface area contributed by atoms with Gasteiger partial charge in [0, 0.05) is 17.2 Å². The van der Waals surface area contributed by atoms with Gasteiger partial charge in [-0.15, -0.1) is 0 Å². The Morgan fingerprint density at radius 2 is 1.65 bits per heavy atom. The van der Waals surface area contributed by atoms with Crippen LogP contribution in [0, 0.1) is 6.92 Å². The minimum absolute atomic E-state index is 0.0489. The zero-order valence-corrected chi connectivity index (χ0v) is 21.1. The number of ketones is 1. The van der Waals surface area contributed by atoms with Crippen LogP contribution >= 0.6 is 0 Å². The number of aliphatic hydroxyl groups excluding tert-OH is 1. The van der Waals surface area contributed by atoms with Crippen LogP contribution in [-0.4, -0.2) is 34.8 Å². The highest BCUT2D eigenvalue weighted by molar-refractivity contribution is 6.46. The van der Waals surface area contributed by atoms with Gasteiger partial charge in [0.05, 0.1) is 18.7 Å². The lowest BCUT2D eigenvalue weighted by Gasteiger charge is -2.31. The third-order valence-corrected chi connectivity index (χ3v) is 7.32. The molecule has 3 aromatic carbocycles. The van der Waals surface area contributed by atoms with Gasteiger partial charge in [0.2, 0.25) is 0 Å². The van der Waals surface area contributed by atoms with Crippen LogP contribution in [0.2, 0.25) is 0 Å². The van der Waals surface area contributed by atoms with Gasteiger partial charge >= 0.3 is 0 Å². The summed E-state index contributed by atoms with van der Waals surface area (Å²) in [5, 5.41) is 11.5. The van der Waals surface area contributed by atoms with Crippen molar-refractivity contribution in [2.75, 3.05) is 7.11 Å². The Morgan fingerprint density at radius 1 is 0.946 bits per heavy atom. The summed E-state index contributed by atoms with van der Waals surface area (Å²) >= 11 is 0. The number of para-hydroxylation sites is 1. The lowest BCUT2D eigenvalue weighted by molar-refractivity contribution is -0.141. The molecule has 1 atom stereocenters. The Hall–Kier alpha value is -4.06. The van der Waals surface area contributed by atoms with Crippen molar-refractivity contribution in [3.63, 3.8) is 0 Å². The molecule has 0 spiro atoms. The van der Waals surface area contributed by atoms with Gasteiger partial charge < -0.3 is 19.5 Å². The molecule has 1 saturated heterocycles. The van der Waals surface area contributed by atoms with Gasteiger partial charge in [-0.25, -0.2) is 0 Å². The first-order valence-corrected chi connectivity index (χ1v) is 12.7. The van der Waals surface area contributed by atoms with E-state index in [0.29, 0.717) is 29.2 Å². The number of amides is 1. The molecule has 2 aliphatic rings. The number of nitrogens with zero attached hydrogens (tertiary/aromatic N) is 1. The highest BCUT2D eigenvalue weighted by Crippen LogP contribution is 2.46. The number of Topliss-reactive ketones (excluding diaryl/α,β-unsaturated/α-hetero) is 1. The molecule has 0 aromatic heterocycles. The van der Waals surface area contributed by atoms with Gasteiger partial charge in [-0.2, -0.15) is 0 Å². The summed E-state index contributed by atoms with van der Waals surface area (Å²) in [5.74, 6) is -0.157. The Labute approximate surface area is 217 Å². The fraction of sp³-hybridized carbons (Fsp3) is 0.290. The van der Waals surface area contributed by atoms with Gasteiger partial charge in [0.1, 0.15) is 23.9 Å². The average Bonchev–Trinajstić information content (AvgIpc) is 3.54. The van der Waals surface area contributed by atoms with E-state index in [1.807, 2.05) is 61.5 Å². The first-order valence-electron chi connectivity index (χ1n) is 12.7. The van der Waals surface area contributed by atoms with Gasteiger partial charge in [-0.3, -0.25) is 9.59 Å². The third-order valence-electron chi connectivity index (χ3n) is 7.32. The number of ether oxygens (including phenoxy) is 2. The van der Waals surface area contributed by atoms with E-state index in [0.717, 1.165) is 36.8 Å². The van der Waals surface area contributed by atoms with Crippen molar-refractivity contribution in [1.82, 2.24) is 4.90 Å².